The van der Waals surface area contributed by atoms with Crippen LogP contribution in [0.1, 0.15) is 22.0 Å². The van der Waals surface area contributed by atoms with Crippen molar-refractivity contribution in [2.45, 2.75) is 13.0 Å². The van der Waals surface area contributed by atoms with Crippen molar-refractivity contribution >= 4 is 22.9 Å². The van der Waals surface area contributed by atoms with Crippen LogP contribution in [0.15, 0.2) is 66.0 Å². The third-order valence-electron chi connectivity index (χ3n) is 4.08. The average molecular weight is 366 g/mol. The highest BCUT2D eigenvalue weighted by Gasteiger charge is 2.16. The Labute approximate surface area is 157 Å². The summed E-state index contributed by atoms with van der Waals surface area (Å²) in [6, 6.07) is 19.8. The summed E-state index contributed by atoms with van der Waals surface area (Å²) in [6.45, 7) is 2.29. The molecule has 0 radical (unpaired) electrons. The molecule has 1 atom stereocenters. The van der Waals surface area contributed by atoms with E-state index in [9.17, 15) is 4.79 Å². The van der Waals surface area contributed by atoms with Gasteiger partial charge in [-0.1, -0.05) is 35.9 Å². The molecule has 0 saturated heterocycles. The molecule has 26 heavy (non-hydrogen) atoms. The lowest BCUT2D eigenvalue weighted by atomic mass is 10.0. The van der Waals surface area contributed by atoms with E-state index in [0.29, 0.717) is 0 Å². The van der Waals surface area contributed by atoms with Crippen molar-refractivity contribution in [3.8, 4) is 5.75 Å². The van der Waals surface area contributed by atoms with Gasteiger partial charge in [-0.05, 0) is 48.2 Å². The highest BCUT2D eigenvalue weighted by atomic mass is 32.1. The first-order valence-corrected chi connectivity index (χ1v) is 9.31. The van der Waals surface area contributed by atoms with Crippen LogP contribution in [-0.4, -0.2) is 19.6 Å². The molecule has 3 rings (SSSR count). The molecule has 0 saturated carbocycles. The molecule has 0 bridgehead atoms. The van der Waals surface area contributed by atoms with E-state index >= 15 is 0 Å². The highest BCUT2D eigenvalue weighted by Crippen LogP contribution is 2.26. The number of ether oxygens (including phenoxy) is 1. The minimum absolute atomic E-state index is 0.00258. The van der Waals surface area contributed by atoms with Crippen molar-refractivity contribution in [2.24, 2.45) is 0 Å². The van der Waals surface area contributed by atoms with Crippen molar-refractivity contribution < 1.29 is 9.53 Å². The van der Waals surface area contributed by atoms with Crippen molar-refractivity contribution in [1.82, 2.24) is 5.32 Å². The van der Waals surface area contributed by atoms with Crippen LogP contribution in [0.4, 0.5) is 5.69 Å². The Morgan fingerprint density at radius 2 is 1.81 bits per heavy atom. The number of carbonyl (C=O) groups excluding carboxylic acids is 1. The number of rotatable bonds is 7. The van der Waals surface area contributed by atoms with Crippen LogP contribution >= 0.6 is 11.3 Å². The summed E-state index contributed by atoms with van der Waals surface area (Å²) in [5, 5.41) is 8.33. The third-order valence-corrected chi connectivity index (χ3v) is 5.02. The fraction of sp³-hybridized carbons (Fsp3) is 0.190. The van der Waals surface area contributed by atoms with Crippen LogP contribution in [0.3, 0.4) is 0 Å². The van der Waals surface area contributed by atoms with Gasteiger partial charge in [0.15, 0.2) is 0 Å². The first-order chi connectivity index (χ1) is 12.7. The van der Waals surface area contributed by atoms with Gasteiger partial charge in [0.1, 0.15) is 5.75 Å². The van der Waals surface area contributed by atoms with Crippen LogP contribution in [0, 0.1) is 6.92 Å². The lowest BCUT2D eigenvalue weighted by Crippen LogP contribution is -2.31. The van der Waals surface area contributed by atoms with Gasteiger partial charge in [0.05, 0.1) is 19.7 Å². The van der Waals surface area contributed by atoms with E-state index in [2.05, 4.69) is 53.3 Å². The summed E-state index contributed by atoms with van der Waals surface area (Å²) in [7, 11) is 1.62. The molecule has 4 nitrogen and oxygen atoms in total. The largest absolute Gasteiger partial charge is 0.497 e. The molecule has 2 N–H and O–H groups in total. The second-order valence-corrected chi connectivity index (χ2v) is 7.00. The Balaban J connectivity index is 1.65. The highest BCUT2D eigenvalue weighted by molar-refractivity contribution is 7.10. The fourth-order valence-electron chi connectivity index (χ4n) is 2.67. The number of amides is 1. The first kappa shape index (κ1) is 18.2. The molecular weight excluding hydrogens is 344 g/mol. The van der Waals surface area contributed by atoms with E-state index in [1.165, 1.54) is 10.4 Å². The molecule has 2 aromatic carbocycles. The van der Waals surface area contributed by atoms with Crippen LogP contribution < -0.4 is 15.4 Å². The summed E-state index contributed by atoms with van der Waals surface area (Å²) in [5.41, 5.74) is 3.12. The molecule has 1 aromatic heterocycles. The average Bonchev–Trinajstić information content (AvgIpc) is 3.18. The van der Waals surface area contributed by atoms with E-state index in [4.69, 9.17) is 4.74 Å². The van der Waals surface area contributed by atoms with Gasteiger partial charge in [0, 0.05) is 10.6 Å². The molecule has 1 amide bonds. The van der Waals surface area contributed by atoms with Gasteiger partial charge in [-0.2, -0.15) is 0 Å². The summed E-state index contributed by atoms with van der Waals surface area (Å²) in [4.78, 5) is 13.5. The molecule has 3 aromatic rings. The Morgan fingerprint density at radius 1 is 1.08 bits per heavy atom. The number of hydrogen-bond acceptors (Lipinski definition) is 4. The number of aryl methyl sites for hydroxylation is 1. The molecule has 134 valence electrons. The Morgan fingerprint density at radius 3 is 2.42 bits per heavy atom. The quantitative estimate of drug-likeness (QED) is 0.652. The van der Waals surface area contributed by atoms with E-state index in [-0.39, 0.29) is 18.5 Å². The molecule has 1 heterocycles. The predicted octanol–water partition coefficient (Wildman–Crippen LogP) is 4.38. The van der Waals surface area contributed by atoms with Gasteiger partial charge in [-0.3, -0.25) is 10.1 Å². The number of anilines is 1. The number of hydrogen-bond donors (Lipinski definition) is 2. The van der Waals surface area contributed by atoms with Crippen molar-refractivity contribution in [1.29, 1.82) is 0 Å². The molecule has 0 spiro atoms. The number of benzene rings is 2. The lowest BCUT2D eigenvalue weighted by molar-refractivity contribution is -0.115. The van der Waals surface area contributed by atoms with Crippen LogP contribution in [-0.2, 0) is 4.79 Å². The van der Waals surface area contributed by atoms with E-state index in [1.807, 2.05) is 30.3 Å². The van der Waals surface area contributed by atoms with Crippen molar-refractivity contribution in [3.05, 3.63) is 82.0 Å². The second-order valence-electron chi connectivity index (χ2n) is 6.02. The molecule has 0 aliphatic heterocycles. The standard InChI is InChI=1S/C21H22N2O2S/c1-15-5-7-16(8-6-15)21(19-4-3-13-26-19)22-14-20(24)23-17-9-11-18(25-2)12-10-17/h3-13,21-22H,14H2,1-2H3,(H,23,24)/t21-/m1/s1. The minimum atomic E-state index is -0.0798. The molecule has 0 fully saturated rings. The van der Waals surface area contributed by atoms with Crippen molar-refractivity contribution in [3.63, 3.8) is 0 Å². The van der Waals surface area contributed by atoms with Crippen LogP contribution in [0.5, 0.6) is 5.75 Å². The Kier molecular flexibility index (Phi) is 6.04. The van der Waals surface area contributed by atoms with E-state index < -0.39 is 0 Å². The predicted molar refractivity (Wildman–Crippen MR) is 107 cm³/mol. The van der Waals surface area contributed by atoms with Gasteiger partial charge < -0.3 is 10.1 Å². The fourth-order valence-corrected chi connectivity index (χ4v) is 3.50. The van der Waals surface area contributed by atoms with Crippen LogP contribution in [0.25, 0.3) is 0 Å². The molecule has 0 aliphatic rings. The Bertz CT molecular complexity index is 827. The van der Waals surface area contributed by atoms with Gasteiger partial charge in [0.25, 0.3) is 0 Å². The summed E-state index contributed by atoms with van der Waals surface area (Å²) in [6.07, 6.45) is 0. The monoisotopic (exact) mass is 366 g/mol. The summed E-state index contributed by atoms with van der Waals surface area (Å²) >= 11 is 1.68. The molecule has 0 unspecified atom stereocenters. The topological polar surface area (TPSA) is 50.4 Å². The van der Waals surface area contributed by atoms with E-state index in [0.717, 1.165) is 17.0 Å². The SMILES string of the molecule is COc1ccc(NC(=O)CN[C@H](c2ccc(C)cc2)c2cccs2)cc1. The van der Waals surface area contributed by atoms with Crippen LogP contribution in [0.2, 0.25) is 0 Å². The zero-order chi connectivity index (χ0) is 18.4. The second kappa shape index (κ2) is 8.65. The number of methoxy groups -OCH3 is 1. The molecule has 5 heteroatoms. The number of carbonyl (C=O) groups is 1. The smallest absolute Gasteiger partial charge is 0.238 e. The summed E-state index contributed by atoms with van der Waals surface area (Å²) in [5.74, 6) is 0.682. The first-order valence-electron chi connectivity index (χ1n) is 8.43. The maximum Gasteiger partial charge on any atom is 0.238 e. The minimum Gasteiger partial charge on any atom is -0.497 e. The van der Waals surface area contributed by atoms with Gasteiger partial charge >= 0.3 is 0 Å². The third kappa shape index (κ3) is 4.71. The molecular formula is C21H22N2O2S. The normalized spacial score (nSPS) is 11.8. The summed E-state index contributed by atoms with van der Waals surface area (Å²) < 4.78 is 5.13. The lowest BCUT2D eigenvalue weighted by Gasteiger charge is -2.18. The van der Waals surface area contributed by atoms with Gasteiger partial charge in [-0.25, -0.2) is 0 Å². The maximum absolute atomic E-state index is 12.3. The van der Waals surface area contributed by atoms with Gasteiger partial charge in [0.2, 0.25) is 5.91 Å². The zero-order valence-corrected chi connectivity index (χ0v) is 15.7. The number of nitrogens with one attached hydrogen (secondary N) is 2. The molecule has 0 aliphatic carbocycles. The maximum atomic E-state index is 12.3. The van der Waals surface area contributed by atoms with Gasteiger partial charge in [-0.15, -0.1) is 11.3 Å². The van der Waals surface area contributed by atoms with E-state index in [1.54, 1.807) is 18.4 Å². The number of thiophene rings is 1. The Hall–Kier alpha value is -2.63. The zero-order valence-electron chi connectivity index (χ0n) is 14.9. The van der Waals surface area contributed by atoms with Crippen molar-refractivity contribution in [2.75, 3.05) is 19.0 Å².